The number of hydrogen-bond acceptors (Lipinski definition) is 3. The van der Waals surface area contributed by atoms with Crippen LogP contribution in [0, 0.1) is 5.82 Å². The topological polar surface area (TPSA) is 80.6 Å². The zero-order chi connectivity index (χ0) is 14.3. The van der Waals surface area contributed by atoms with Crippen LogP contribution in [0.25, 0.3) is 16.9 Å². The first-order valence-corrected chi connectivity index (χ1v) is 5.83. The molecule has 0 saturated heterocycles. The molecule has 3 rings (SSSR count). The molecule has 0 aliphatic rings. The van der Waals surface area contributed by atoms with Crippen LogP contribution in [0.4, 0.5) is 10.1 Å². The van der Waals surface area contributed by atoms with Gasteiger partial charge in [-0.05, 0) is 36.4 Å². The van der Waals surface area contributed by atoms with E-state index in [1.807, 2.05) is 0 Å². The van der Waals surface area contributed by atoms with Crippen LogP contribution in [0.1, 0.15) is 10.5 Å². The fraction of sp³-hybridized carbons (Fsp3) is 0. The molecule has 0 aliphatic heterocycles. The Morgan fingerprint density at radius 1 is 1.25 bits per heavy atom. The van der Waals surface area contributed by atoms with E-state index in [1.54, 1.807) is 34.9 Å². The molecule has 0 bridgehead atoms. The van der Waals surface area contributed by atoms with Gasteiger partial charge in [-0.2, -0.15) is 0 Å². The fourth-order valence-electron chi connectivity index (χ4n) is 2.12. The molecule has 100 valence electrons. The van der Waals surface area contributed by atoms with Crippen molar-refractivity contribution in [3.8, 4) is 11.4 Å². The van der Waals surface area contributed by atoms with Crippen LogP contribution in [-0.4, -0.2) is 20.5 Å². The number of anilines is 1. The number of carboxylic acid groups (broad SMARTS) is 1. The molecular formula is C14H10FN3O2. The van der Waals surface area contributed by atoms with Gasteiger partial charge in [-0.25, -0.2) is 14.2 Å². The van der Waals surface area contributed by atoms with E-state index >= 15 is 0 Å². The molecule has 0 aliphatic carbocycles. The number of carboxylic acids is 1. The van der Waals surface area contributed by atoms with Gasteiger partial charge in [-0.15, -0.1) is 0 Å². The Morgan fingerprint density at radius 2 is 1.95 bits per heavy atom. The largest absolute Gasteiger partial charge is 0.476 e. The number of fused-ring (bicyclic) bond motifs is 1. The number of hydrogen-bond donors (Lipinski definition) is 2. The van der Waals surface area contributed by atoms with Crippen molar-refractivity contribution in [2.45, 2.75) is 0 Å². The van der Waals surface area contributed by atoms with Gasteiger partial charge in [0.1, 0.15) is 17.2 Å². The highest BCUT2D eigenvalue weighted by Gasteiger charge is 2.19. The first-order valence-electron chi connectivity index (χ1n) is 5.83. The van der Waals surface area contributed by atoms with Gasteiger partial charge < -0.3 is 10.8 Å². The van der Waals surface area contributed by atoms with Crippen molar-refractivity contribution in [2.24, 2.45) is 0 Å². The average molecular weight is 271 g/mol. The monoisotopic (exact) mass is 271 g/mol. The lowest BCUT2D eigenvalue weighted by Gasteiger charge is -2.02. The molecule has 0 fully saturated rings. The summed E-state index contributed by atoms with van der Waals surface area (Å²) in [5.74, 6) is -1.12. The molecule has 3 aromatic rings. The summed E-state index contributed by atoms with van der Waals surface area (Å²) in [6.45, 7) is 0. The van der Waals surface area contributed by atoms with Gasteiger partial charge in [-0.3, -0.25) is 4.40 Å². The third-order valence-electron chi connectivity index (χ3n) is 3.00. The Bertz CT molecular complexity index is 809. The predicted octanol–water partition coefficient (Wildman–Crippen LogP) is 2.42. The molecule has 1 aromatic carbocycles. The zero-order valence-electron chi connectivity index (χ0n) is 10.2. The summed E-state index contributed by atoms with van der Waals surface area (Å²) >= 11 is 0. The molecular weight excluding hydrogens is 261 g/mol. The lowest BCUT2D eigenvalue weighted by molar-refractivity contribution is 0.0693. The Kier molecular flexibility index (Phi) is 2.64. The highest BCUT2D eigenvalue weighted by Crippen LogP contribution is 2.26. The quantitative estimate of drug-likeness (QED) is 0.750. The average Bonchev–Trinajstić information content (AvgIpc) is 2.81. The van der Waals surface area contributed by atoms with Crippen LogP contribution in [0.15, 0.2) is 42.6 Å². The van der Waals surface area contributed by atoms with Crippen LogP contribution in [0.2, 0.25) is 0 Å². The van der Waals surface area contributed by atoms with Crippen LogP contribution in [-0.2, 0) is 0 Å². The van der Waals surface area contributed by atoms with Crippen LogP contribution >= 0.6 is 0 Å². The van der Waals surface area contributed by atoms with Gasteiger partial charge >= 0.3 is 5.97 Å². The van der Waals surface area contributed by atoms with E-state index in [2.05, 4.69) is 4.98 Å². The number of pyridine rings is 1. The lowest BCUT2D eigenvalue weighted by Crippen LogP contribution is -2.00. The number of nitrogens with zero attached hydrogens (tertiary/aromatic N) is 2. The third kappa shape index (κ3) is 1.78. The molecule has 0 atom stereocenters. The summed E-state index contributed by atoms with van der Waals surface area (Å²) in [5, 5.41) is 9.22. The van der Waals surface area contributed by atoms with E-state index in [4.69, 9.17) is 5.73 Å². The highest BCUT2D eigenvalue weighted by atomic mass is 19.1. The summed E-state index contributed by atoms with van der Waals surface area (Å²) in [6, 6.07) is 8.98. The summed E-state index contributed by atoms with van der Waals surface area (Å²) < 4.78 is 14.6. The fourth-order valence-corrected chi connectivity index (χ4v) is 2.12. The smallest absolute Gasteiger partial charge is 0.356 e. The number of nitrogens with two attached hydrogens (primary N) is 1. The standard InChI is InChI=1S/C14H10FN3O2/c15-9-5-3-8(4-6-9)13-17-11(14(19)20)12-10(16)2-1-7-18(12)13/h1-7H,16H2,(H,19,20). The molecule has 0 amide bonds. The summed E-state index contributed by atoms with van der Waals surface area (Å²) in [4.78, 5) is 15.4. The highest BCUT2D eigenvalue weighted by molar-refractivity contribution is 5.98. The van der Waals surface area contributed by atoms with Gasteiger partial charge in [-0.1, -0.05) is 0 Å². The molecule has 20 heavy (non-hydrogen) atoms. The number of aromatic carboxylic acids is 1. The molecule has 0 unspecified atom stereocenters. The van der Waals surface area contributed by atoms with E-state index in [1.165, 1.54) is 12.1 Å². The Hall–Kier alpha value is -2.89. The molecule has 0 saturated carbocycles. The number of benzene rings is 1. The van der Waals surface area contributed by atoms with E-state index < -0.39 is 5.97 Å². The summed E-state index contributed by atoms with van der Waals surface area (Å²) in [5.41, 5.74) is 6.97. The van der Waals surface area contributed by atoms with Crippen molar-refractivity contribution in [1.29, 1.82) is 0 Å². The zero-order valence-corrected chi connectivity index (χ0v) is 10.2. The number of halogens is 1. The molecule has 0 radical (unpaired) electrons. The number of aromatic nitrogens is 2. The van der Waals surface area contributed by atoms with E-state index in [0.717, 1.165) is 0 Å². The number of carbonyl (C=O) groups is 1. The lowest BCUT2D eigenvalue weighted by atomic mass is 10.2. The van der Waals surface area contributed by atoms with Crippen molar-refractivity contribution in [1.82, 2.24) is 9.38 Å². The second-order valence-electron chi connectivity index (χ2n) is 4.28. The minimum atomic E-state index is -1.16. The van der Waals surface area contributed by atoms with Crippen LogP contribution in [0.5, 0.6) is 0 Å². The van der Waals surface area contributed by atoms with Crippen molar-refractivity contribution in [3.63, 3.8) is 0 Å². The van der Waals surface area contributed by atoms with Crippen LogP contribution < -0.4 is 5.73 Å². The van der Waals surface area contributed by atoms with Crippen molar-refractivity contribution >= 4 is 17.2 Å². The molecule has 2 heterocycles. The van der Waals surface area contributed by atoms with Crippen molar-refractivity contribution < 1.29 is 14.3 Å². The molecule has 3 N–H and O–H groups in total. The molecule has 6 heteroatoms. The Labute approximate surface area is 113 Å². The minimum absolute atomic E-state index is 0.123. The second kappa shape index (κ2) is 4.34. The third-order valence-corrected chi connectivity index (χ3v) is 3.00. The van der Waals surface area contributed by atoms with Gasteiger partial charge in [0.25, 0.3) is 0 Å². The molecule has 2 aromatic heterocycles. The minimum Gasteiger partial charge on any atom is -0.476 e. The first kappa shape index (κ1) is 12.2. The van der Waals surface area contributed by atoms with Crippen molar-refractivity contribution in [2.75, 3.05) is 5.73 Å². The SMILES string of the molecule is Nc1cccn2c(-c3ccc(F)cc3)nc(C(=O)O)c12. The number of nitrogen functional groups attached to an aromatic ring is 1. The van der Waals surface area contributed by atoms with E-state index in [0.29, 0.717) is 22.6 Å². The molecule has 0 spiro atoms. The van der Waals surface area contributed by atoms with E-state index in [9.17, 15) is 14.3 Å². The van der Waals surface area contributed by atoms with Crippen LogP contribution in [0.3, 0.4) is 0 Å². The van der Waals surface area contributed by atoms with E-state index in [-0.39, 0.29) is 11.5 Å². The first-order chi connectivity index (χ1) is 9.58. The Balaban J connectivity index is 2.34. The normalized spacial score (nSPS) is 10.8. The van der Waals surface area contributed by atoms with Gasteiger partial charge in [0.2, 0.25) is 0 Å². The predicted molar refractivity (Wildman–Crippen MR) is 72.0 cm³/mol. The second-order valence-corrected chi connectivity index (χ2v) is 4.28. The number of imidazole rings is 1. The maximum absolute atomic E-state index is 13.0. The van der Waals surface area contributed by atoms with Gasteiger partial charge in [0.05, 0.1) is 5.69 Å². The van der Waals surface area contributed by atoms with Gasteiger partial charge in [0, 0.05) is 11.8 Å². The van der Waals surface area contributed by atoms with Gasteiger partial charge in [0.15, 0.2) is 5.69 Å². The van der Waals surface area contributed by atoms with Crippen molar-refractivity contribution in [3.05, 3.63) is 54.1 Å². The Morgan fingerprint density at radius 3 is 2.60 bits per heavy atom. The molecule has 5 nitrogen and oxygen atoms in total. The number of rotatable bonds is 2. The maximum Gasteiger partial charge on any atom is 0.356 e. The summed E-state index contributed by atoms with van der Waals surface area (Å²) in [7, 11) is 0. The summed E-state index contributed by atoms with van der Waals surface area (Å²) in [6.07, 6.45) is 1.67. The maximum atomic E-state index is 13.0.